The molecule has 1 amide bonds. The van der Waals surface area contributed by atoms with Gasteiger partial charge in [-0.15, -0.1) is 0 Å². The fourth-order valence-corrected chi connectivity index (χ4v) is 4.28. The number of nitrogens with zero attached hydrogens (tertiary/aromatic N) is 1. The molecule has 0 heterocycles. The highest BCUT2D eigenvalue weighted by molar-refractivity contribution is 7.87. The molecule has 0 aliphatic carbocycles. The molecule has 1 N–H and O–H groups in total. The highest BCUT2D eigenvalue weighted by Gasteiger charge is 2.18. The number of hydrazone groups is 1. The number of carbonyl (C=O) groups is 1. The van der Waals surface area contributed by atoms with Gasteiger partial charge in [-0.05, 0) is 78.4 Å². The van der Waals surface area contributed by atoms with E-state index in [1.165, 1.54) is 60.8 Å². The van der Waals surface area contributed by atoms with Gasteiger partial charge in [-0.1, -0.05) is 24.3 Å². The molecule has 38 heavy (non-hydrogen) atoms. The van der Waals surface area contributed by atoms with Crippen molar-refractivity contribution < 1.29 is 31.3 Å². The lowest BCUT2D eigenvalue weighted by atomic mass is 10.1. The van der Waals surface area contributed by atoms with E-state index >= 15 is 0 Å². The molecule has 0 radical (unpaired) electrons. The maximum Gasteiger partial charge on any atom is 0.339 e. The Balaban J connectivity index is 1.40. The smallest absolute Gasteiger partial charge is 0.339 e. The highest BCUT2D eigenvalue weighted by atomic mass is 32.2. The van der Waals surface area contributed by atoms with Crippen LogP contribution in [0.3, 0.4) is 0 Å². The summed E-state index contributed by atoms with van der Waals surface area (Å²) in [5, 5.41) is 3.93. The maximum atomic E-state index is 13.1. The van der Waals surface area contributed by atoms with Crippen LogP contribution in [-0.4, -0.2) is 27.6 Å². The number of para-hydroxylation sites is 1. The molecule has 0 saturated heterocycles. The molecular formula is C28H23FN2O6S. The molecule has 0 fully saturated rings. The number of hydrogen-bond acceptors (Lipinski definition) is 7. The van der Waals surface area contributed by atoms with Crippen LogP contribution < -0.4 is 19.1 Å². The van der Waals surface area contributed by atoms with Gasteiger partial charge in [0.1, 0.15) is 28.0 Å². The number of nitrogens with one attached hydrogen (secondary N) is 1. The van der Waals surface area contributed by atoms with Crippen LogP contribution in [0.25, 0.3) is 0 Å². The summed E-state index contributed by atoms with van der Waals surface area (Å²) in [5.41, 5.74) is 3.51. The molecule has 194 valence electrons. The summed E-state index contributed by atoms with van der Waals surface area (Å²) in [4.78, 5) is 12.1. The van der Waals surface area contributed by atoms with E-state index in [-0.39, 0.29) is 23.0 Å². The molecule has 0 unspecified atom stereocenters. The number of amides is 1. The van der Waals surface area contributed by atoms with Gasteiger partial charge in [0.05, 0.1) is 19.7 Å². The molecular weight excluding hydrogens is 511 g/mol. The van der Waals surface area contributed by atoms with Crippen molar-refractivity contribution >= 4 is 22.2 Å². The zero-order valence-corrected chi connectivity index (χ0v) is 21.0. The van der Waals surface area contributed by atoms with Gasteiger partial charge in [0.25, 0.3) is 0 Å². The van der Waals surface area contributed by atoms with Crippen molar-refractivity contribution in [1.82, 2.24) is 5.43 Å². The van der Waals surface area contributed by atoms with E-state index in [0.29, 0.717) is 22.8 Å². The Hall–Kier alpha value is -4.70. The minimum atomic E-state index is -4.19. The van der Waals surface area contributed by atoms with E-state index in [1.54, 1.807) is 49.6 Å². The van der Waals surface area contributed by atoms with Gasteiger partial charge in [-0.2, -0.15) is 13.5 Å². The van der Waals surface area contributed by atoms with Crippen LogP contribution in [-0.2, 0) is 21.3 Å². The second-order valence-corrected chi connectivity index (χ2v) is 9.47. The third kappa shape index (κ3) is 7.17. The van der Waals surface area contributed by atoms with E-state index in [2.05, 4.69) is 10.5 Å². The Morgan fingerprint density at radius 3 is 2.29 bits per heavy atom. The fraction of sp³-hybridized carbons (Fsp3) is 0.0714. The van der Waals surface area contributed by atoms with Crippen LogP contribution in [0.4, 0.5) is 4.39 Å². The predicted molar refractivity (Wildman–Crippen MR) is 140 cm³/mol. The largest absolute Gasteiger partial charge is 0.497 e. The van der Waals surface area contributed by atoms with E-state index in [1.807, 2.05) is 0 Å². The topological polar surface area (TPSA) is 103 Å². The average molecular weight is 535 g/mol. The molecule has 4 aromatic rings. The fourth-order valence-electron chi connectivity index (χ4n) is 3.32. The molecule has 4 rings (SSSR count). The van der Waals surface area contributed by atoms with Gasteiger partial charge in [0.2, 0.25) is 5.91 Å². The Morgan fingerprint density at radius 1 is 0.895 bits per heavy atom. The Labute approximate surface area is 219 Å². The number of benzene rings is 4. The van der Waals surface area contributed by atoms with Crippen LogP contribution >= 0.6 is 0 Å². The summed E-state index contributed by atoms with van der Waals surface area (Å²) in [5.74, 6) is 0.696. The van der Waals surface area contributed by atoms with Crippen molar-refractivity contribution in [3.05, 3.63) is 114 Å². The normalized spacial score (nSPS) is 11.2. The zero-order valence-electron chi connectivity index (χ0n) is 20.2. The summed E-state index contributed by atoms with van der Waals surface area (Å²) in [6, 6.07) is 24.5. The molecule has 0 saturated carbocycles. The highest BCUT2D eigenvalue weighted by Crippen LogP contribution is 2.26. The number of methoxy groups -OCH3 is 1. The summed E-state index contributed by atoms with van der Waals surface area (Å²) in [6.07, 6.45) is 1.38. The molecule has 4 aromatic carbocycles. The first-order chi connectivity index (χ1) is 18.3. The molecule has 10 heteroatoms. The second kappa shape index (κ2) is 12.0. The standard InChI is InChI=1S/C28H23FN2O6S/c1-35-25-7-4-5-20(17-25)18-28(32)31-30-19-21-6-2-3-8-27(21)37-38(33,34)26-15-13-24(14-16-26)36-23-11-9-22(29)10-12-23/h2-17,19H,18H2,1H3,(H,31,32)/b30-19+. The van der Waals surface area contributed by atoms with Crippen LogP contribution in [0, 0.1) is 5.82 Å². The van der Waals surface area contributed by atoms with Gasteiger partial charge in [-0.25, -0.2) is 9.82 Å². The lowest BCUT2D eigenvalue weighted by Crippen LogP contribution is -2.19. The number of ether oxygens (including phenoxy) is 2. The van der Waals surface area contributed by atoms with Crippen molar-refractivity contribution in [3.8, 4) is 23.0 Å². The summed E-state index contributed by atoms with van der Waals surface area (Å²) >= 11 is 0. The quantitative estimate of drug-likeness (QED) is 0.173. The molecule has 0 aliphatic heterocycles. The summed E-state index contributed by atoms with van der Waals surface area (Å²) in [6.45, 7) is 0. The van der Waals surface area contributed by atoms with Crippen molar-refractivity contribution in [1.29, 1.82) is 0 Å². The van der Waals surface area contributed by atoms with Crippen LogP contribution in [0.5, 0.6) is 23.0 Å². The van der Waals surface area contributed by atoms with Gasteiger partial charge in [0.15, 0.2) is 5.75 Å². The predicted octanol–water partition coefficient (Wildman–Crippen LogP) is 5.09. The van der Waals surface area contributed by atoms with Crippen molar-refractivity contribution in [2.75, 3.05) is 7.11 Å². The van der Waals surface area contributed by atoms with Gasteiger partial charge < -0.3 is 13.7 Å². The van der Waals surface area contributed by atoms with Gasteiger partial charge in [0, 0.05) is 5.56 Å². The first-order valence-corrected chi connectivity index (χ1v) is 12.7. The average Bonchev–Trinajstić information content (AvgIpc) is 2.91. The first kappa shape index (κ1) is 26.4. The monoisotopic (exact) mass is 534 g/mol. The molecule has 8 nitrogen and oxygen atoms in total. The third-order valence-electron chi connectivity index (χ3n) is 5.17. The van der Waals surface area contributed by atoms with Crippen molar-refractivity contribution in [2.45, 2.75) is 11.3 Å². The SMILES string of the molecule is COc1cccc(CC(=O)N/N=C/c2ccccc2OS(=O)(=O)c2ccc(Oc3ccc(F)cc3)cc2)c1. The molecule has 0 spiro atoms. The van der Waals surface area contributed by atoms with Crippen LogP contribution in [0.1, 0.15) is 11.1 Å². The minimum absolute atomic E-state index is 0.0323. The molecule has 0 aliphatic rings. The zero-order chi connectivity index (χ0) is 27.0. The second-order valence-electron chi connectivity index (χ2n) is 7.92. The third-order valence-corrected chi connectivity index (χ3v) is 6.42. The molecule has 0 atom stereocenters. The number of hydrogen-bond donors (Lipinski definition) is 1. The Morgan fingerprint density at radius 2 is 1.58 bits per heavy atom. The van der Waals surface area contributed by atoms with E-state index < -0.39 is 15.9 Å². The lowest BCUT2D eigenvalue weighted by Gasteiger charge is -2.10. The van der Waals surface area contributed by atoms with Gasteiger partial charge >= 0.3 is 10.1 Å². The number of halogens is 1. The first-order valence-electron chi connectivity index (χ1n) is 11.3. The Bertz CT molecular complexity index is 1540. The van der Waals surface area contributed by atoms with Gasteiger partial charge in [-0.3, -0.25) is 4.79 Å². The van der Waals surface area contributed by atoms with Crippen LogP contribution in [0.2, 0.25) is 0 Å². The summed E-state index contributed by atoms with van der Waals surface area (Å²) in [7, 11) is -2.64. The maximum absolute atomic E-state index is 13.1. The number of rotatable bonds is 10. The number of carbonyl (C=O) groups excluding carboxylic acids is 1. The van der Waals surface area contributed by atoms with E-state index in [9.17, 15) is 17.6 Å². The summed E-state index contributed by atoms with van der Waals surface area (Å²) < 4.78 is 54.9. The minimum Gasteiger partial charge on any atom is -0.497 e. The molecule has 0 bridgehead atoms. The van der Waals surface area contributed by atoms with Crippen LogP contribution in [0.15, 0.2) is 107 Å². The Kier molecular flexibility index (Phi) is 8.34. The van der Waals surface area contributed by atoms with E-state index in [0.717, 1.165) is 5.56 Å². The van der Waals surface area contributed by atoms with Crippen molar-refractivity contribution in [3.63, 3.8) is 0 Å². The lowest BCUT2D eigenvalue weighted by molar-refractivity contribution is -0.120. The van der Waals surface area contributed by atoms with Crippen molar-refractivity contribution in [2.24, 2.45) is 5.10 Å². The molecule has 0 aromatic heterocycles. The van der Waals surface area contributed by atoms with E-state index in [4.69, 9.17) is 13.7 Å².